The van der Waals surface area contributed by atoms with E-state index >= 15 is 0 Å². The van der Waals surface area contributed by atoms with Crippen molar-refractivity contribution in [1.29, 1.82) is 0 Å². The Hall–Kier alpha value is -2.78. The topological polar surface area (TPSA) is 84.0 Å². The van der Waals surface area contributed by atoms with Crippen molar-refractivity contribution in [2.75, 3.05) is 11.1 Å². The number of hydrogen-bond acceptors (Lipinski definition) is 6. The van der Waals surface area contributed by atoms with Crippen LogP contribution < -0.4 is 10.6 Å². The highest BCUT2D eigenvalue weighted by molar-refractivity contribution is 7.99. The number of halogens is 1. The van der Waals surface area contributed by atoms with Gasteiger partial charge in [-0.05, 0) is 30.7 Å². The van der Waals surface area contributed by atoms with Crippen LogP contribution in [0.25, 0.3) is 0 Å². The molecule has 1 atom stereocenters. The van der Waals surface area contributed by atoms with Crippen LogP contribution in [0.1, 0.15) is 33.3 Å². The predicted molar refractivity (Wildman–Crippen MR) is 113 cm³/mol. The second-order valence-corrected chi connectivity index (χ2v) is 8.21. The molecule has 0 saturated carbocycles. The Balaban J connectivity index is 1.44. The van der Waals surface area contributed by atoms with E-state index in [-0.39, 0.29) is 22.7 Å². The smallest absolute Gasteiger partial charge is 0.286 e. The van der Waals surface area contributed by atoms with E-state index < -0.39 is 11.7 Å². The number of aromatic nitrogens is 2. The Kier molecular flexibility index (Phi) is 7.31. The molecule has 0 radical (unpaired) electrons. The van der Waals surface area contributed by atoms with Crippen molar-refractivity contribution in [3.63, 3.8) is 0 Å². The molecule has 0 saturated heterocycles. The first-order chi connectivity index (χ1) is 14.0. The van der Waals surface area contributed by atoms with E-state index in [4.69, 9.17) is 0 Å². The summed E-state index contributed by atoms with van der Waals surface area (Å²) in [5.41, 5.74) is 1.40. The highest BCUT2D eigenvalue weighted by Crippen LogP contribution is 2.19. The van der Waals surface area contributed by atoms with Crippen LogP contribution in [0.5, 0.6) is 0 Å². The maximum absolute atomic E-state index is 13.2. The molecule has 9 heteroatoms. The van der Waals surface area contributed by atoms with Crippen LogP contribution in [0.15, 0.2) is 54.6 Å². The Labute approximate surface area is 175 Å². The lowest BCUT2D eigenvalue weighted by Crippen LogP contribution is -2.28. The maximum atomic E-state index is 13.2. The molecule has 0 fully saturated rings. The molecule has 3 rings (SSSR count). The molecular weight excluding hydrogens is 411 g/mol. The Morgan fingerprint density at radius 1 is 1.14 bits per heavy atom. The van der Waals surface area contributed by atoms with Crippen LogP contribution in [0, 0.1) is 5.82 Å². The van der Waals surface area contributed by atoms with E-state index in [9.17, 15) is 14.0 Å². The van der Waals surface area contributed by atoms with E-state index in [2.05, 4.69) is 20.8 Å². The molecule has 150 valence electrons. The molecule has 0 spiro atoms. The minimum absolute atomic E-state index is 0.0658. The molecule has 1 unspecified atom stereocenters. The average Bonchev–Trinajstić information content (AvgIpc) is 3.18. The summed E-state index contributed by atoms with van der Waals surface area (Å²) in [6.07, 6.45) is 0. The van der Waals surface area contributed by atoms with Gasteiger partial charge in [0.05, 0.1) is 11.8 Å². The molecule has 0 aliphatic carbocycles. The lowest BCUT2D eigenvalue weighted by molar-refractivity contribution is -0.119. The summed E-state index contributed by atoms with van der Waals surface area (Å²) in [6, 6.07) is 15.3. The van der Waals surface area contributed by atoms with Crippen molar-refractivity contribution in [3.8, 4) is 0 Å². The largest absolute Gasteiger partial charge is 0.349 e. The fourth-order valence-corrected chi connectivity index (χ4v) is 4.11. The van der Waals surface area contributed by atoms with Gasteiger partial charge in [0.1, 0.15) is 10.8 Å². The predicted octanol–water partition coefficient (Wildman–Crippen LogP) is 4.04. The summed E-state index contributed by atoms with van der Waals surface area (Å²) in [4.78, 5) is 24.3. The minimum atomic E-state index is -0.446. The summed E-state index contributed by atoms with van der Waals surface area (Å²) in [6.45, 7) is 1.94. The first-order valence-electron chi connectivity index (χ1n) is 8.82. The minimum Gasteiger partial charge on any atom is -0.349 e. The fourth-order valence-electron chi connectivity index (χ4n) is 2.49. The van der Waals surface area contributed by atoms with Gasteiger partial charge < -0.3 is 10.6 Å². The van der Waals surface area contributed by atoms with Crippen LogP contribution in [-0.2, 0) is 10.5 Å². The second-order valence-electron chi connectivity index (χ2n) is 6.16. The number of thioether (sulfide) groups is 1. The third-order valence-electron chi connectivity index (χ3n) is 3.88. The summed E-state index contributed by atoms with van der Waals surface area (Å²) in [5, 5.41) is 14.2. The van der Waals surface area contributed by atoms with Crippen molar-refractivity contribution in [2.24, 2.45) is 0 Å². The summed E-state index contributed by atoms with van der Waals surface area (Å²) in [5.74, 6) is -0.199. The van der Waals surface area contributed by atoms with Crippen molar-refractivity contribution >= 4 is 40.6 Å². The molecule has 1 heterocycles. The first kappa shape index (κ1) is 20.9. The molecule has 2 amide bonds. The van der Waals surface area contributed by atoms with Crippen molar-refractivity contribution in [3.05, 3.63) is 76.0 Å². The SMILES string of the molecule is CC(NC(=O)CSCc1nnc(C(=O)Nc2cccc(F)c2)s1)c1ccccc1. The number of carbonyl (C=O) groups is 2. The molecule has 2 aromatic carbocycles. The molecule has 1 aromatic heterocycles. The van der Waals surface area contributed by atoms with Crippen LogP contribution in [0.4, 0.5) is 10.1 Å². The number of anilines is 1. The quantitative estimate of drug-likeness (QED) is 0.564. The number of rotatable bonds is 8. The molecule has 0 aliphatic heterocycles. The standard InChI is InChI=1S/C20H19FN4O2S2/c1-13(14-6-3-2-4-7-14)22-17(26)11-28-12-18-24-25-20(29-18)19(27)23-16-9-5-8-15(21)10-16/h2-10,13H,11-12H2,1H3,(H,22,26)(H,23,27). The monoisotopic (exact) mass is 430 g/mol. The zero-order chi connectivity index (χ0) is 20.6. The first-order valence-corrected chi connectivity index (χ1v) is 10.8. The van der Waals surface area contributed by atoms with E-state index in [1.165, 1.54) is 30.0 Å². The van der Waals surface area contributed by atoms with Gasteiger partial charge >= 0.3 is 0 Å². The highest BCUT2D eigenvalue weighted by Gasteiger charge is 2.14. The second kappa shape index (κ2) is 10.1. The number of amides is 2. The zero-order valence-corrected chi connectivity index (χ0v) is 17.2. The highest BCUT2D eigenvalue weighted by atomic mass is 32.2. The van der Waals surface area contributed by atoms with Gasteiger partial charge in [0.25, 0.3) is 5.91 Å². The molecular formula is C20H19FN4O2S2. The lowest BCUT2D eigenvalue weighted by Gasteiger charge is -2.13. The van der Waals surface area contributed by atoms with Gasteiger partial charge in [-0.2, -0.15) is 0 Å². The Bertz CT molecular complexity index is 981. The van der Waals surface area contributed by atoms with E-state index in [1.54, 1.807) is 6.07 Å². The van der Waals surface area contributed by atoms with Crippen molar-refractivity contribution in [1.82, 2.24) is 15.5 Å². The van der Waals surface area contributed by atoms with Crippen molar-refractivity contribution < 1.29 is 14.0 Å². The van der Waals surface area contributed by atoms with Crippen LogP contribution in [0.2, 0.25) is 0 Å². The number of hydrogen-bond donors (Lipinski definition) is 2. The van der Waals surface area contributed by atoms with Gasteiger partial charge in [0.2, 0.25) is 10.9 Å². The summed E-state index contributed by atoms with van der Waals surface area (Å²) in [7, 11) is 0. The summed E-state index contributed by atoms with van der Waals surface area (Å²) < 4.78 is 13.2. The van der Waals surface area contributed by atoms with Gasteiger partial charge in [-0.15, -0.1) is 22.0 Å². The van der Waals surface area contributed by atoms with Gasteiger partial charge in [0.15, 0.2) is 0 Å². The molecule has 2 N–H and O–H groups in total. The van der Waals surface area contributed by atoms with Crippen LogP contribution in [0.3, 0.4) is 0 Å². The normalized spacial score (nSPS) is 11.7. The van der Waals surface area contributed by atoms with Crippen LogP contribution >= 0.6 is 23.1 Å². The summed E-state index contributed by atoms with van der Waals surface area (Å²) >= 11 is 2.54. The lowest BCUT2D eigenvalue weighted by atomic mass is 10.1. The fraction of sp³-hybridized carbons (Fsp3) is 0.200. The molecule has 6 nitrogen and oxygen atoms in total. The number of carbonyl (C=O) groups excluding carboxylic acids is 2. The zero-order valence-electron chi connectivity index (χ0n) is 15.6. The van der Waals surface area contributed by atoms with Gasteiger partial charge in [-0.25, -0.2) is 4.39 Å². The number of nitrogens with zero attached hydrogens (tertiary/aromatic N) is 2. The van der Waals surface area contributed by atoms with E-state index in [0.29, 0.717) is 16.4 Å². The molecule has 3 aromatic rings. The third kappa shape index (κ3) is 6.37. The molecule has 0 bridgehead atoms. The van der Waals surface area contributed by atoms with Gasteiger partial charge in [-0.3, -0.25) is 9.59 Å². The maximum Gasteiger partial charge on any atom is 0.286 e. The number of benzene rings is 2. The van der Waals surface area contributed by atoms with Gasteiger partial charge in [-0.1, -0.05) is 47.7 Å². The Morgan fingerprint density at radius 3 is 2.69 bits per heavy atom. The van der Waals surface area contributed by atoms with E-state index in [0.717, 1.165) is 16.9 Å². The van der Waals surface area contributed by atoms with Crippen molar-refractivity contribution in [2.45, 2.75) is 18.7 Å². The van der Waals surface area contributed by atoms with Crippen LogP contribution in [-0.4, -0.2) is 27.8 Å². The Morgan fingerprint density at radius 2 is 1.93 bits per heavy atom. The third-order valence-corrected chi connectivity index (χ3v) is 5.93. The molecule has 0 aliphatic rings. The number of nitrogens with one attached hydrogen (secondary N) is 2. The average molecular weight is 431 g/mol. The van der Waals surface area contributed by atoms with Gasteiger partial charge in [0, 0.05) is 11.4 Å². The molecule has 29 heavy (non-hydrogen) atoms. The van der Waals surface area contributed by atoms with E-state index in [1.807, 2.05) is 37.3 Å².